The Balaban J connectivity index is 1.84. The van der Waals surface area contributed by atoms with Crippen molar-refractivity contribution >= 4 is 39.1 Å². The molecule has 4 rings (SSSR count). The highest BCUT2D eigenvalue weighted by atomic mass is 35.5. The van der Waals surface area contributed by atoms with Gasteiger partial charge in [-0.3, -0.25) is 0 Å². The molecule has 0 saturated heterocycles. The summed E-state index contributed by atoms with van der Waals surface area (Å²) >= 11 is 5.98. The largest absolute Gasteiger partial charge is 0.497 e. The Labute approximate surface area is 144 Å². The van der Waals surface area contributed by atoms with Gasteiger partial charge in [-0.15, -0.1) is 0 Å². The molecule has 4 heteroatoms. The van der Waals surface area contributed by atoms with E-state index in [1.807, 2.05) is 36.4 Å². The van der Waals surface area contributed by atoms with Crippen molar-refractivity contribution in [3.8, 4) is 5.75 Å². The second-order valence-electron chi connectivity index (χ2n) is 5.63. The summed E-state index contributed by atoms with van der Waals surface area (Å²) in [7, 11) is 1.66. The second-order valence-corrected chi connectivity index (χ2v) is 6.01. The molecule has 0 radical (unpaired) electrons. The highest BCUT2D eigenvalue weighted by Gasteiger charge is 2.09. The summed E-state index contributed by atoms with van der Waals surface area (Å²) in [6.07, 6.45) is 0. The minimum Gasteiger partial charge on any atom is -0.497 e. The van der Waals surface area contributed by atoms with Gasteiger partial charge < -0.3 is 9.72 Å². The number of halogens is 1. The van der Waals surface area contributed by atoms with Crippen LogP contribution in [-0.4, -0.2) is 17.1 Å². The topological polar surface area (TPSA) is 37.9 Å². The molecule has 0 aliphatic carbocycles. The fraction of sp³-hybridized carbons (Fsp3) is 0.0500. The molecule has 0 bridgehead atoms. The molecule has 0 aliphatic heterocycles. The van der Waals surface area contributed by atoms with Gasteiger partial charge in [0.25, 0.3) is 0 Å². The summed E-state index contributed by atoms with van der Waals surface area (Å²) in [5.74, 6) is 0.820. The van der Waals surface area contributed by atoms with Crippen molar-refractivity contribution in [1.82, 2.24) is 9.97 Å². The maximum absolute atomic E-state index is 5.98. The highest BCUT2D eigenvalue weighted by Crippen LogP contribution is 2.31. The molecular weight excluding hydrogens is 320 g/mol. The van der Waals surface area contributed by atoms with Crippen molar-refractivity contribution in [2.24, 2.45) is 0 Å². The maximum atomic E-state index is 5.98. The number of aromatic nitrogens is 2. The van der Waals surface area contributed by atoms with Gasteiger partial charge in [-0.2, -0.15) is 0 Å². The first-order chi connectivity index (χ1) is 11.7. The first-order valence-electron chi connectivity index (χ1n) is 7.57. The number of hydrogen-bond donors (Lipinski definition) is 1. The van der Waals surface area contributed by atoms with Crippen LogP contribution in [0.5, 0.6) is 5.75 Å². The van der Waals surface area contributed by atoms with Crippen LogP contribution in [0.4, 0.5) is 0 Å². The van der Waals surface area contributed by atoms with Gasteiger partial charge in [0, 0.05) is 16.3 Å². The van der Waals surface area contributed by atoms with Crippen LogP contribution < -0.4 is 4.74 Å². The van der Waals surface area contributed by atoms with Gasteiger partial charge in [0.2, 0.25) is 0 Å². The van der Waals surface area contributed by atoms with Gasteiger partial charge >= 0.3 is 0 Å². The molecule has 118 valence electrons. The first kappa shape index (κ1) is 14.8. The molecule has 0 spiro atoms. The van der Waals surface area contributed by atoms with Crippen LogP contribution in [0, 0.1) is 0 Å². The predicted molar refractivity (Wildman–Crippen MR) is 99.7 cm³/mol. The van der Waals surface area contributed by atoms with E-state index in [-0.39, 0.29) is 0 Å². The molecule has 0 unspecified atom stereocenters. The molecule has 24 heavy (non-hydrogen) atoms. The molecule has 4 aromatic rings. The normalized spacial score (nSPS) is 11.1. The zero-order valence-electron chi connectivity index (χ0n) is 13.1. The van der Waals surface area contributed by atoms with Gasteiger partial charge in [0.05, 0.1) is 7.11 Å². The number of H-pyrrole nitrogens is 1. The van der Waals surface area contributed by atoms with Crippen molar-refractivity contribution in [2.45, 2.75) is 0 Å². The number of hydrogen-bond acceptors (Lipinski definition) is 2. The van der Waals surface area contributed by atoms with Crippen LogP contribution in [0.2, 0.25) is 5.15 Å². The van der Waals surface area contributed by atoms with E-state index in [0.29, 0.717) is 5.15 Å². The number of aromatic amines is 1. The number of pyridine rings is 1. The highest BCUT2D eigenvalue weighted by molar-refractivity contribution is 6.30. The minimum atomic E-state index is 0.482. The lowest BCUT2D eigenvalue weighted by Gasteiger charge is -2.08. The molecule has 1 N–H and O–H groups in total. The van der Waals surface area contributed by atoms with Crippen molar-refractivity contribution in [3.63, 3.8) is 0 Å². The number of fused-ring (bicyclic) bond motifs is 3. The number of nitrogens with one attached hydrogen (secondary N) is 1. The molecule has 2 heterocycles. The van der Waals surface area contributed by atoms with Crippen molar-refractivity contribution in [3.05, 3.63) is 77.5 Å². The van der Waals surface area contributed by atoms with E-state index in [0.717, 1.165) is 44.4 Å². The third kappa shape index (κ3) is 2.43. The fourth-order valence-corrected chi connectivity index (χ4v) is 3.06. The predicted octanol–water partition coefficient (Wildman–Crippen LogP) is 5.44. The average molecular weight is 335 g/mol. The summed E-state index contributed by atoms with van der Waals surface area (Å²) < 4.78 is 5.30. The molecule has 0 saturated carbocycles. The lowest BCUT2D eigenvalue weighted by Crippen LogP contribution is -1.88. The van der Waals surface area contributed by atoms with E-state index in [4.69, 9.17) is 16.3 Å². The second kappa shape index (κ2) is 5.69. The SMILES string of the molecule is C=C(c1cccc(OC)c1)c1ccc2[nH]c3nc(Cl)ccc3c2c1. The van der Waals surface area contributed by atoms with Crippen molar-refractivity contribution in [2.75, 3.05) is 7.11 Å². The smallest absolute Gasteiger partial charge is 0.140 e. The Morgan fingerprint density at radius 3 is 2.71 bits per heavy atom. The van der Waals surface area contributed by atoms with E-state index in [9.17, 15) is 0 Å². The van der Waals surface area contributed by atoms with Crippen LogP contribution in [0.25, 0.3) is 27.5 Å². The number of nitrogens with zero attached hydrogens (tertiary/aromatic N) is 1. The number of methoxy groups -OCH3 is 1. The lowest BCUT2D eigenvalue weighted by molar-refractivity contribution is 0.414. The Hall–Kier alpha value is -2.78. The quantitative estimate of drug-likeness (QED) is 0.506. The maximum Gasteiger partial charge on any atom is 0.140 e. The van der Waals surface area contributed by atoms with Crippen molar-refractivity contribution in [1.29, 1.82) is 0 Å². The fourth-order valence-electron chi connectivity index (χ4n) is 2.92. The van der Waals surface area contributed by atoms with E-state index in [1.54, 1.807) is 13.2 Å². The summed E-state index contributed by atoms with van der Waals surface area (Å²) in [5.41, 5.74) is 4.87. The Bertz CT molecular complexity index is 1080. The monoisotopic (exact) mass is 334 g/mol. The molecule has 2 aromatic carbocycles. The number of benzene rings is 2. The standard InChI is InChI=1S/C20H15ClN2O/c1-12(13-4-3-5-15(10-13)24-2)14-6-8-18-17(11-14)16-7-9-19(21)23-20(16)22-18/h3-11H,1H2,2H3,(H,22,23). The van der Waals surface area contributed by atoms with E-state index < -0.39 is 0 Å². The zero-order valence-corrected chi connectivity index (χ0v) is 13.9. The zero-order chi connectivity index (χ0) is 16.7. The molecule has 3 nitrogen and oxygen atoms in total. The van der Waals surface area contributed by atoms with Crippen molar-refractivity contribution < 1.29 is 4.74 Å². The average Bonchev–Trinajstić information content (AvgIpc) is 2.97. The summed E-state index contributed by atoms with van der Waals surface area (Å²) in [6, 6.07) is 17.9. The minimum absolute atomic E-state index is 0.482. The number of ether oxygens (including phenoxy) is 1. The van der Waals surface area contributed by atoms with E-state index in [2.05, 4.69) is 28.7 Å². The van der Waals surface area contributed by atoms with Crippen LogP contribution in [0.15, 0.2) is 61.2 Å². The molecule has 2 aromatic heterocycles. The van der Waals surface area contributed by atoms with Gasteiger partial charge in [0.1, 0.15) is 16.5 Å². The van der Waals surface area contributed by atoms with Crippen LogP contribution >= 0.6 is 11.6 Å². The van der Waals surface area contributed by atoms with Crippen LogP contribution in [0.1, 0.15) is 11.1 Å². The van der Waals surface area contributed by atoms with E-state index >= 15 is 0 Å². The molecule has 0 atom stereocenters. The molecule has 0 amide bonds. The van der Waals surface area contributed by atoms with Crippen LogP contribution in [0.3, 0.4) is 0 Å². The molecule has 0 fully saturated rings. The Morgan fingerprint density at radius 1 is 1.04 bits per heavy atom. The Kier molecular flexibility index (Phi) is 3.51. The third-order valence-corrected chi connectivity index (χ3v) is 4.40. The van der Waals surface area contributed by atoms with E-state index in [1.165, 1.54) is 0 Å². The van der Waals surface area contributed by atoms with Gasteiger partial charge in [-0.25, -0.2) is 4.98 Å². The third-order valence-electron chi connectivity index (χ3n) is 4.19. The molecular formula is C20H15ClN2O. The Morgan fingerprint density at radius 2 is 1.88 bits per heavy atom. The lowest BCUT2D eigenvalue weighted by atomic mass is 9.98. The molecule has 0 aliphatic rings. The number of rotatable bonds is 3. The first-order valence-corrected chi connectivity index (χ1v) is 7.95. The van der Waals surface area contributed by atoms with Gasteiger partial charge in [0.15, 0.2) is 0 Å². The summed E-state index contributed by atoms with van der Waals surface area (Å²) in [5, 5.41) is 2.64. The van der Waals surface area contributed by atoms with Crippen LogP contribution in [-0.2, 0) is 0 Å². The summed E-state index contributed by atoms with van der Waals surface area (Å²) in [6.45, 7) is 4.25. The summed E-state index contributed by atoms with van der Waals surface area (Å²) in [4.78, 5) is 7.64. The van der Waals surface area contributed by atoms with Gasteiger partial charge in [-0.05, 0) is 53.1 Å². The van der Waals surface area contributed by atoms with Gasteiger partial charge in [-0.1, -0.05) is 36.4 Å².